The molecular weight excluding hydrogens is 1300 g/mol. The van der Waals surface area contributed by atoms with Crippen molar-refractivity contribution < 1.29 is 138 Å². The monoisotopic (exact) mass is 1400 g/mol. The average Bonchev–Trinajstić information content (AvgIpc) is 0.795. The highest BCUT2D eigenvalue weighted by Crippen LogP contribution is 2.30. The highest BCUT2D eigenvalue weighted by Gasteiger charge is 2.53. The Morgan fingerprint density at radius 3 is 1.20 bits per heavy atom. The van der Waals surface area contributed by atoms with E-state index in [4.69, 9.17) is 80.5 Å². The number of rotatable bonds is 49. The van der Waals surface area contributed by atoms with Crippen LogP contribution >= 0.6 is 0 Å². The molecule has 554 valence electrons. The minimum atomic E-state index is -1.26. The lowest BCUT2D eigenvalue weighted by Gasteiger charge is -2.44. The summed E-state index contributed by atoms with van der Waals surface area (Å²) < 4.78 is 94.1. The number of nitrogens with one attached hydrogen (secondary N) is 5. The summed E-state index contributed by atoms with van der Waals surface area (Å²) in [5, 5.41) is 13.6. The largest absolute Gasteiger partial charge is 0.463 e. The second-order valence-electron chi connectivity index (χ2n) is 22.5. The van der Waals surface area contributed by atoms with Crippen LogP contribution in [0.5, 0.6) is 0 Å². The van der Waals surface area contributed by atoms with Gasteiger partial charge < -0.3 is 107 Å². The number of esters is 7. The van der Waals surface area contributed by atoms with E-state index in [9.17, 15) is 57.5 Å². The van der Waals surface area contributed by atoms with Crippen molar-refractivity contribution in [2.75, 3.05) is 119 Å². The van der Waals surface area contributed by atoms with Crippen LogP contribution in [0.15, 0.2) is 30.3 Å². The molecule has 0 saturated carbocycles. The standard InChI is InChI=1S/C64H99N5O29/c1-40(17-13-15-21-65-53(78)38-86-29-27-82-23-25-84-31-33-88-63-55(67-41(2)70)59(95-47(8)76)57(93-45(6)74)51(97-63)36-90-43(4)72)61(80)69-50(62(81)92-35-49-18-11-10-12-19-49)20-14-16-22-66-54(79)39-87-30-28-83-24-26-85-32-34-89-64-56(68-42(3)71)60(96-48(9)77)58(94-46(7)75)52(98-64)37-91-44(5)73/h10-12,18-19,40,50-52,55-60,63-64H,13-17,20-39H2,1-9H3,(H,65,78)(H,66,79)(H,67,70)(H,68,71)(H,69,80)/t40-,50-,51+,52+,55+,56+,57-,58-,59+,60+,63+,64+/m0/s1. The van der Waals surface area contributed by atoms with E-state index in [2.05, 4.69) is 26.6 Å². The number of unbranched alkanes of at least 4 members (excludes halogenated alkanes) is 2. The summed E-state index contributed by atoms with van der Waals surface area (Å²) in [5.41, 5.74) is 0.776. The third kappa shape index (κ3) is 36.9. The molecule has 98 heavy (non-hydrogen) atoms. The molecule has 2 aliphatic rings. The van der Waals surface area contributed by atoms with Gasteiger partial charge in [0.15, 0.2) is 37.0 Å². The maximum atomic E-state index is 13.4. The van der Waals surface area contributed by atoms with E-state index >= 15 is 0 Å². The maximum Gasteiger partial charge on any atom is 0.328 e. The Balaban J connectivity index is 1.28. The first kappa shape index (κ1) is 84.7. The van der Waals surface area contributed by atoms with E-state index in [1.807, 2.05) is 30.3 Å². The number of ether oxygens (including phenoxy) is 17. The lowest BCUT2D eigenvalue weighted by molar-refractivity contribution is -0.279. The molecule has 5 amide bonds. The predicted molar refractivity (Wildman–Crippen MR) is 336 cm³/mol. The maximum absolute atomic E-state index is 13.4. The average molecular weight is 1400 g/mol. The third-order valence-corrected chi connectivity index (χ3v) is 14.0. The number of hydrogen-bond donors (Lipinski definition) is 5. The summed E-state index contributed by atoms with van der Waals surface area (Å²) in [6.45, 7) is 11.8. The molecule has 5 N–H and O–H groups in total. The summed E-state index contributed by atoms with van der Waals surface area (Å²) in [4.78, 5) is 147. The molecule has 2 aliphatic heterocycles. The Morgan fingerprint density at radius 1 is 0.439 bits per heavy atom. The smallest absolute Gasteiger partial charge is 0.328 e. The molecule has 0 unspecified atom stereocenters. The molecule has 0 radical (unpaired) electrons. The summed E-state index contributed by atoms with van der Waals surface area (Å²) in [5.74, 6) is -7.35. The van der Waals surface area contributed by atoms with Crippen molar-refractivity contribution in [2.24, 2.45) is 5.92 Å². The fourth-order valence-electron chi connectivity index (χ4n) is 9.65. The Kier molecular flexibility index (Phi) is 42.4. The van der Waals surface area contributed by atoms with Gasteiger partial charge in [0.1, 0.15) is 63.4 Å². The Morgan fingerprint density at radius 2 is 0.816 bits per heavy atom. The van der Waals surface area contributed by atoms with Crippen LogP contribution < -0.4 is 26.6 Å². The van der Waals surface area contributed by atoms with Gasteiger partial charge in [0, 0.05) is 74.4 Å². The molecule has 0 aromatic heterocycles. The number of benzene rings is 1. The SMILES string of the molecule is CC(=O)N[C@H]1[C@H](OCCOCCOCCOCC(=O)NCCCC[C@H](NC(=O)[C@@H](C)CCCCNC(=O)COCCOCCOCCO[C@@H]2O[C@H](COC(C)=O)[C@H](OC(C)=O)[C@H](OC(C)=O)[C@H]2NC(C)=O)C(=O)OCc2ccccc2)O[C@H](COC(C)=O)[C@H](OC(C)=O)[C@@H]1OC(C)=O. The van der Waals surface area contributed by atoms with Gasteiger partial charge in [-0.3, -0.25) is 52.7 Å². The lowest BCUT2D eigenvalue weighted by atomic mass is 9.96. The zero-order valence-corrected chi connectivity index (χ0v) is 57.3. The van der Waals surface area contributed by atoms with E-state index in [1.165, 1.54) is 27.7 Å². The van der Waals surface area contributed by atoms with Gasteiger partial charge in [0.25, 0.3) is 0 Å². The van der Waals surface area contributed by atoms with Gasteiger partial charge in [-0.25, -0.2) is 4.79 Å². The fraction of sp³-hybridized carbons (Fsp3) is 0.719. The van der Waals surface area contributed by atoms with Crippen LogP contribution in [0.1, 0.15) is 106 Å². The Labute approximate surface area is 569 Å². The minimum absolute atomic E-state index is 0.0155. The zero-order valence-electron chi connectivity index (χ0n) is 57.3. The topological polar surface area (TPSA) is 422 Å². The molecule has 0 bridgehead atoms. The van der Waals surface area contributed by atoms with E-state index in [-0.39, 0.29) is 143 Å². The molecule has 34 nitrogen and oxygen atoms in total. The van der Waals surface area contributed by atoms with Gasteiger partial charge in [0.05, 0.1) is 79.3 Å². The quantitative estimate of drug-likeness (QED) is 0.0322. The molecule has 0 spiro atoms. The van der Waals surface area contributed by atoms with Crippen LogP contribution in [-0.4, -0.2) is 257 Å². The third-order valence-electron chi connectivity index (χ3n) is 14.0. The van der Waals surface area contributed by atoms with Crippen molar-refractivity contribution in [3.05, 3.63) is 35.9 Å². The molecule has 0 aliphatic carbocycles. The molecule has 2 fully saturated rings. The van der Waals surface area contributed by atoms with Gasteiger partial charge in [-0.05, 0) is 37.7 Å². The molecule has 3 rings (SSSR count). The Bertz CT molecular complexity index is 2620. The van der Waals surface area contributed by atoms with E-state index in [0.717, 1.165) is 33.3 Å². The first-order chi connectivity index (χ1) is 46.8. The van der Waals surface area contributed by atoms with E-state index in [1.54, 1.807) is 6.92 Å². The number of carbonyl (C=O) groups excluding carboxylic acids is 12. The van der Waals surface area contributed by atoms with Crippen molar-refractivity contribution in [1.82, 2.24) is 26.6 Å². The molecule has 1 aromatic rings. The molecule has 12 atom stereocenters. The first-order valence-corrected chi connectivity index (χ1v) is 32.4. The van der Waals surface area contributed by atoms with Crippen LogP contribution in [0.3, 0.4) is 0 Å². The minimum Gasteiger partial charge on any atom is -0.463 e. The lowest BCUT2D eigenvalue weighted by Crippen LogP contribution is -2.66. The molecule has 34 heteroatoms. The van der Waals surface area contributed by atoms with Gasteiger partial charge in [-0.15, -0.1) is 0 Å². The van der Waals surface area contributed by atoms with Gasteiger partial charge in [0.2, 0.25) is 29.5 Å². The van der Waals surface area contributed by atoms with Crippen molar-refractivity contribution >= 4 is 71.3 Å². The fourth-order valence-corrected chi connectivity index (χ4v) is 9.65. The van der Waals surface area contributed by atoms with Crippen LogP contribution in [0.2, 0.25) is 0 Å². The van der Waals surface area contributed by atoms with Crippen molar-refractivity contribution in [3.63, 3.8) is 0 Å². The number of carbonyl (C=O) groups is 12. The van der Waals surface area contributed by atoms with Gasteiger partial charge in [-0.2, -0.15) is 0 Å². The van der Waals surface area contributed by atoms with Crippen LogP contribution in [-0.2, 0) is 145 Å². The van der Waals surface area contributed by atoms with E-state index < -0.39 is 127 Å². The predicted octanol–water partition coefficient (Wildman–Crippen LogP) is -0.131. The van der Waals surface area contributed by atoms with E-state index in [0.29, 0.717) is 38.6 Å². The highest BCUT2D eigenvalue weighted by atomic mass is 16.7. The van der Waals surface area contributed by atoms with Gasteiger partial charge in [-0.1, -0.05) is 43.7 Å². The zero-order chi connectivity index (χ0) is 72.2. The molecule has 2 saturated heterocycles. The normalized spacial score (nSPS) is 20.9. The summed E-state index contributed by atoms with van der Waals surface area (Å²) in [7, 11) is 0. The summed E-state index contributed by atoms with van der Waals surface area (Å²) >= 11 is 0. The number of hydrogen-bond acceptors (Lipinski definition) is 29. The molecule has 2 heterocycles. The van der Waals surface area contributed by atoms with Crippen molar-refractivity contribution in [3.8, 4) is 0 Å². The molecule has 1 aromatic carbocycles. The second-order valence-corrected chi connectivity index (χ2v) is 22.5. The van der Waals surface area contributed by atoms with Crippen LogP contribution in [0.4, 0.5) is 0 Å². The Hall–Kier alpha value is -7.54. The number of amides is 5. The molecular formula is C64H99N5O29. The van der Waals surface area contributed by atoms with Crippen molar-refractivity contribution in [2.45, 2.75) is 175 Å². The van der Waals surface area contributed by atoms with Crippen LogP contribution in [0, 0.1) is 5.92 Å². The second kappa shape index (κ2) is 49.1. The van der Waals surface area contributed by atoms with Gasteiger partial charge >= 0.3 is 41.8 Å². The first-order valence-electron chi connectivity index (χ1n) is 32.4. The summed E-state index contributed by atoms with van der Waals surface area (Å²) in [6.07, 6.45) is -6.89. The van der Waals surface area contributed by atoms with Crippen molar-refractivity contribution in [1.29, 1.82) is 0 Å². The van der Waals surface area contributed by atoms with Crippen LogP contribution in [0.25, 0.3) is 0 Å². The summed E-state index contributed by atoms with van der Waals surface area (Å²) in [6, 6.07) is 5.92. The highest BCUT2D eigenvalue weighted by molar-refractivity contribution is 5.85.